The van der Waals surface area contributed by atoms with Gasteiger partial charge in [-0.25, -0.2) is 4.79 Å². The maximum atomic E-state index is 11.8. The molecule has 0 saturated heterocycles. The van der Waals surface area contributed by atoms with Crippen LogP contribution in [-0.4, -0.2) is 18.6 Å². The van der Waals surface area contributed by atoms with Gasteiger partial charge in [0, 0.05) is 12.6 Å². The third kappa shape index (κ3) is 2.04. The first-order chi connectivity index (χ1) is 7.90. The zero-order chi connectivity index (χ0) is 12.7. The molecule has 2 aliphatic carbocycles. The number of carbonyl (C=O) groups is 1. The van der Waals surface area contributed by atoms with Crippen molar-refractivity contribution in [1.82, 2.24) is 10.6 Å². The highest BCUT2D eigenvalue weighted by atomic mass is 16.2. The van der Waals surface area contributed by atoms with Gasteiger partial charge in [0.1, 0.15) is 0 Å². The van der Waals surface area contributed by atoms with Crippen molar-refractivity contribution in [2.75, 3.05) is 6.54 Å². The van der Waals surface area contributed by atoms with Crippen molar-refractivity contribution in [1.29, 1.82) is 0 Å². The molecule has 0 aromatic carbocycles. The van der Waals surface area contributed by atoms with Gasteiger partial charge in [0.2, 0.25) is 0 Å². The highest BCUT2D eigenvalue weighted by molar-refractivity contribution is 5.74. The van der Waals surface area contributed by atoms with Gasteiger partial charge >= 0.3 is 6.03 Å². The molecule has 3 nitrogen and oxygen atoms in total. The molecule has 2 N–H and O–H groups in total. The molecule has 0 aromatic rings. The van der Waals surface area contributed by atoms with Crippen molar-refractivity contribution in [2.24, 2.45) is 16.7 Å². The number of urea groups is 1. The number of hydrogen-bond acceptors (Lipinski definition) is 1. The van der Waals surface area contributed by atoms with Crippen LogP contribution in [0.25, 0.3) is 0 Å². The Morgan fingerprint density at radius 2 is 2.06 bits per heavy atom. The summed E-state index contributed by atoms with van der Waals surface area (Å²) in [4.78, 5) is 11.8. The zero-order valence-corrected chi connectivity index (χ0v) is 11.6. The van der Waals surface area contributed by atoms with E-state index in [1.54, 1.807) is 0 Å². The first-order valence-corrected chi connectivity index (χ1v) is 6.94. The minimum atomic E-state index is 0.0127. The van der Waals surface area contributed by atoms with Crippen molar-refractivity contribution in [3.8, 4) is 0 Å². The summed E-state index contributed by atoms with van der Waals surface area (Å²) < 4.78 is 0. The zero-order valence-electron chi connectivity index (χ0n) is 11.6. The van der Waals surface area contributed by atoms with Gasteiger partial charge in [-0.2, -0.15) is 0 Å². The summed E-state index contributed by atoms with van der Waals surface area (Å²) in [6.45, 7) is 9.80. The summed E-state index contributed by atoms with van der Waals surface area (Å²) in [6, 6.07) is 0.337. The molecule has 2 aliphatic rings. The van der Waals surface area contributed by atoms with Crippen molar-refractivity contribution in [2.45, 2.75) is 59.4 Å². The van der Waals surface area contributed by atoms with E-state index < -0.39 is 0 Å². The topological polar surface area (TPSA) is 41.1 Å². The molecule has 2 fully saturated rings. The van der Waals surface area contributed by atoms with Gasteiger partial charge in [0.15, 0.2) is 0 Å². The Morgan fingerprint density at radius 3 is 2.59 bits per heavy atom. The van der Waals surface area contributed by atoms with Crippen molar-refractivity contribution in [3.05, 3.63) is 0 Å². The molecule has 0 radical (unpaired) electrons. The molecule has 0 aliphatic heterocycles. The molecule has 98 valence electrons. The second-order valence-electron chi connectivity index (χ2n) is 6.75. The van der Waals surface area contributed by atoms with Crippen LogP contribution in [0.2, 0.25) is 0 Å². The lowest BCUT2D eigenvalue weighted by Crippen LogP contribution is -2.54. The number of hydrogen-bond donors (Lipinski definition) is 2. The maximum Gasteiger partial charge on any atom is 0.315 e. The van der Waals surface area contributed by atoms with Crippen LogP contribution >= 0.6 is 0 Å². The fourth-order valence-electron chi connectivity index (χ4n) is 4.08. The van der Waals surface area contributed by atoms with Crippen LogP contribution in [0.3, 0.4) is 0 Å². The van der Waals surface area contributed by atoms with Gasteiger partial charge in [0.25, 0.3) is 0 Å². The van der Waals surface area contributed by atoms with Crippen LogP contribution in [0.5, 0.6) is 0 Å². The first-order valence-electron chi connectivity index (χ1n) is 6.94. The smallest absolute Gasteiger partial charge is 0.315 e. The molecule has 3 atom stereocenters. The van der Waals surface area contributed by atoms with Gasteiger partial charge in [-0.1, -0.05) is 27.7 Å². The Balaban J connectivity index is 2.02. The summed E-state index contributed by atoms with van der Waals surface area (Å²) in [6.07, 6.45) is 4.86. The van der Waals surface area contributed by atoms with Crippen LogP contribution in [0.1, 0.15) is 53.4 Å². The predicted octanol–water partition coefficient (Wildman–Crippen LogP) is 2.91. The Morgan fingerprint density at radius 1 is 1.35 bits per heavy atom. The van der Waals surface area contributed by atoms with Gasteiger partial charge in [-0.15, -0.1) is 0 Å². The lowest BCUT2D eigenvalue weighted by atomic mass is 9.68. The van der Waals surface area contributed by atoms with Crippen LogP contribution in [0, 0.1) is 16.7 Å². The molecule has 3 heteroatoms. The highest BCUT2D eigenvalue weighted by Crippen LogP contribution is 2.62. The maximum absolute atomic E-state index is 11.8. The summed E-state index contributed by atoms with van der Waals surface area (Å²) in [5, 5.41) is 6.15. The fraction of sp³-hybridized carbons (Fsp3) is 0.929. The molecule has 0 spiro atoms. The molecule has 0 heterocycles. The summed E-state index contributed by atoms with van der Waals surface area (Å²) in [5.41, 5.74) is 0.564. The van der Waals surface area contributed by atoms with Gasteiger partial charge < -0.3 is 10.6 Å². The van der Waals surface area contributed by atoms with E-state index in [0.29, 0.717) is 11.5 Å². The quantitative estimate of drug-likeness (QED) is 0.780. The second kappa shape index (κ2) is 4.18. The van der Waals surface area contributed by atoms with Crippen LogP contribution in [0.4, 0.5) is 4.79 Å². The number of amides is 2. The lowest BCUT2D eigenvalue weighted by molar-refractivity contribution is 0.114. The Bertz CT molecular complexity index is 309. The van der Waals surface area contributed by atoms with E-state index in [-0.39, 0.29) is 11.4 Å². The molecule has 0 aromatic heterocycles. The van der Waals surface area contributed by atoms with Crippen LogP contribution in [-0.2, 0) is 0 Å². The first kappa shape index (κ1) is 12.7. The standard InChI is InChI=1S/C14H26N2O/c1-5-8-15-12(17)16-11-13(2,3)10-6-7-14(11,4)9-10/h10-11H,5-9H2,1-4H3,(H2,15,16,17). The van der Waals surface area contributed by atoms with E-state index in [0.717, 1.165) is 18.9 Å². The Kier molecular flexibility index (Phi) is 3.13. The Hall–Kier alpha value is -0.730. The van der Waals surface area contributed by atoms with Crippen molar-refractivity contribution >= 4 is 6.03 Å². The van der Waals surface area contributed by atoms with Crippen LogP contribution in [0.15, 0.2) is 0 Å². The molecule has 2 amide bonds. The number of carbonyl (C=O) groups excluding carboxylic acids is 1. The third-order valence-corrected chi connectivity index (χ3v) is 5.08. The minimum Gasteiger partial charge on any atom is -0.338 e. The molecular weight excluding hydrogens is 212 g/mol. The number of nitrogens with one attached hydrogen (secondary N) is 2. The van der Waals surface area contributed by atoms with E-state index >= 15 is 0 Å². The van der Waals surface area contributed by atoms with Crippen molar-refractivity contribution < 1.29 is 4.79 Å². The number of rotatable bonds is 3. The summed E-state index contributed by atoms with van der Waals surface area (Å²) >= 11 is 0. The molecular formula is C14H26N2O. The molecule has 3 unspecified atom stereocenters. The van der Waals surface area contributed by atoms with E-state index in [9.17, 15) is 4.79 Å². The molecule has 2 rings (SSSR count). The normalized spacial score (nSPS) is 38.1. The van der Waals surface area contributed by atoms with Crippen molar-refractivity contribution in [3.63, 3.8) is 0 Å². The minimum absolute atomic E-state index is 0.0127. The second-order valence-corrected chi connectivity index (χ2v) is 6.75. The molecule has 2 saturated carbocycles. The van der Waals surface area contributed by atoms with E-state index in [2.05, 4.69) is 38.3 Å². The van der Waals surface area contributed by atoms with Crippen LogP contribution < -0.4 is 10.6 Å². The number of fused-ring (bicyclic) bond motifs is 2. The van der Waals surface area contributed by atoms with Gasteiger partial charge in [-0.05, 0) is 42.4 Å². The average Bonchev–Trinajstić information content (AvgIpc) is 2.73. The average molecular weight is 238 g/mol. The third-order valence-electron chi connectivity index (χ3n) is 5.08. The molecule has 2 bridgehead atoms. The summed E-state index contributed by atoms with van der Waals surface area (Å²) in [5.74, 6) is 0.781. The van der Waals surface area contributed by atoms with E-state index in [1.165, 1.54) is 19.3 Å². The van der Waals surface area contributed by atoms with E-state index in [4.69, 9.17) is 0 Å². The predicted molar refractivity (Wildman–Crippen MR) is 69.8 cm³/mol. The fourth-order valence-corrected chi connectivity index (χ4v) is 4.08. The summed E-state index contributed by atoms with van der Waals surface area (Å²) in [7, 11) is 0. The largest absolute Gasteiger partial charge is 0.338 e. The SMILES string of the molecule is CCCNC(=O)NC1C2(C)CCC(C2)C1(C)C. The van der Waals surface area contributed by atoms with Gasteiger partial charge in [0.05, 0.1) is 0 Å². The highest BCUT2D eigenvalue weighted by Gasteiger charge is 2.59. The van der Waals surface area contributed by atoms with Gasteiger partial charge in [-0.3, -0.25) is 0 Å². The van der Waals surface area contributed by atoms with E-state index in [1.807, 2.05) is 0 Å². The molecule has 17 heavy (non-hydrogen) atoms. The Labute approximate surface area is 105 Å². The monoisotopic (exact) mass is 238 g/mol. The lowest BCUT2D eigenvalue weighted by Gasteiger charge is -2.43.